The van der Waals surface area contributed by atoms with E-state index < -0.39 is 0 Å². The molecule has 1 rings (SSSR count). The molecule has 0 amide bonds. The predicted octanol–water partition coefficient (Wildman–Crippen LogP) is 1.14. The lowest BCUT2D eigenvalue weighted by molar-refractivity contribution is 0.113. The zero-order valence-corrected chi connectivity index (χ0v) is 9.89. The highest BCUT2D eigenvalue weighted by Crippen LogP contribution is 2.11. The van der Waals surface area contributed by atoms with Gasteiger partial charge in [0.2, 0.25) is 0 Å². The summed E-state index contributed by atoms with van der Waals surface area (Å²) in [6.07, 6.45) is 1.53. The van der Waals surface area contributed by atoms with E-state index in [1.807, 2.05) is 0 Å². The largest absolute Gasteiger partial charge is 0.377 e. The van der Waals surface area contributed by atoms with E-state index in [0.29, 0.717) is 12.1 Å². The van der Waals surface area contributed by atoms with Gasteiger partial charge >= 0.3 is 0 Å². The van der Waals surface area contributed by atoms with Gasteiger partial charge in [0.05, 0.1) is 6.10 Å². The van der Waals surface area contributed by atoms with Crippen molar-refractivity contribution in [3.05, 3.63) is 0 Å². The average Bonchev–Trinajstić information content (AvgIpc) is 2.44. The molecule has 84 valence electrons. The van der Waals surface area contributed by atoms with E-state index >= 15 is 0 Å². The van der Waals surface area contributed by atoms with Gasteiger partial charge in [-0.25, -0.2) is 0 Å². The van der Waals surface area contributed by atoms with Crippen LogP contribution < -0.4 is 10.6 Å². The third kappa shape index (κ3) is 4.40. The number of hydrogen-bond donors (Lipinski definition) is 2. The minimum atomic E-state index is 0.222. The average molecular weight is 200 g/mol. The molecule has 0 bridgehead atoms. The molecular formula is C11H24N2O. The zero-order chi connectivity index (χ0) is 10.6. The minimum absolute atomic E-state index is 0.222. The molecule has 0 aromatic heterocycles. The van der Waals surface area contributed by atoms with Crippen molar-refractivity contribution < 1.29 is 4.74 Å². The number of ether oxygens (including phenoxy) is 1. The van der Waals surface area contributed by atoms with Crippen molar-refractivity contribution in [2.45, 2.75) is 51.8 Å². The molecule has 0 radical (unpaired) electrons. The summed E-state index contributed by atoms with van der Waals surface area (Å²) >= 11 is 0. The lowest BCUT2D eigenvalue weighted by atomic mass is 10.1. The summed E-state index contributed by atoms with van der Waals surface area (Å²) in [5.74, 6) is 0. The fourth-order valence-corrected chi connectivity index (χ4v) is 1.69. The van der Waals surface area contributed by atoms with Crippen LogP contribution in [0.15, 0.2) is 0 Å². The first-order valence-corrected chi connectivity index (χ1v) is 5.59. The number of rotatable bonds is 4. The van der Waals surface area contributed by atoms with E-state index in [1.54, 1.807) is 0 Å². The van der Waals surface area contributed by atoms with Gasteiger partial charge in [-0.1, -0.05) is 0 Å². The molecule has 3 nitrogen and oxygen atoms in total. The van der Waals surface area contributed by atoms with Crippen LogP contribution in [0.3, 0.4) is 0 Å². The zero-order valence-electron chi connectivity index (χ0n) is 9.89. The van der Waals surface area contributed by atoms with Crippen molar-refractivity contribution in [2.24, 2.45) is 0 Å². The van der Waals surface area contributed by atoms with Crippen LogP contribution in [0.2, 0.25) is 0 Å². The SMILES string of the molecule is CC1OCCC1NCCNC(C)(C)C. The van der Waals surface area contributed by atoms with Gasteiger partial charge < -0.3 is 15.4 Å². The Balaban J connectivity index is 2.04. The monoisotopic (exact) mass is 200 g/mol. The summed E-state index contributed by atoms with van der Waals surface area (Å²) in [7, 11) is 0. The molecule has 0 spiro atoms. The Bertz CT molecular complexity index is 165. The van der Waals surface area contributed by atoms with Crippen LogP contribution in [0.1, 0.15) is 34.1 Å². The predicted molar refractivity (Wildman–Crippen MR) is 59.6 cm³/mol. The molecule has 1 aliphatic heterocycles. The molecule has 14 heavy (non-hydrogen) atoms. The lowest BCUT2D eigenvalue weighted by Crippen LogP contribution is -2.43. The molecule has 0 aromatic carbocycles. The van der Waals surface area contributed by atoms with Crippen molar-refractivity contribution in [2.75, 3.05) is 19.7 Å². The van der Waals surface area contributed by atoms with Crippen LogP contribution in [-0.4, -0.2) is 37.4 Å². The Morgan fingerprint density at radius 2 is 2.00 bits per heavy atom. The second kappa shape index (κ2) is 5.10. The second-order valence-electron chi connectivity index (χ2n) is 5.10. The third-order valence-electron chi connectivity index (χ3n) is 2.56. The maximum Gasteiger partial charge on any atom is 0.0700 e. The van der Waals surface area contributed by atoms with Crippen LogP contribution in [0, 0.1) is 0 Å². The fourth-order valence-electron chi connectivity index (χ4n) is 1.69. The van der Waals surface area contributed by atoms with Gasteiger partial charge in [0.1, 0.15) is 0 Å². The van der Waals surface area contributed by atoms with Crippen molar-refractivity contribution >= 4 is 0 Å². The van der Waals surface area contributed by atoms with Crippen molar-refractivity contribution in [1.82, 2.24) is 10.6 Å². The fraction of sp³-hybridized carbons (Fsp3) is 1.00. The molecule has 1 aliphatic rings. The first-order chi connectivity index (χ1) is 6.49. The molecule has 0 saturated carbocycles. The van der Waals surface area contributed by atoms with Gasteiger partial charge in [-0.05, 0) is 34.1 Å². The van der Waals surface area contributed by atoms with Gasteiger partial charge in [0.25, 0.3) is 0 Å². The summed E-state index contributed by atoms with van der Waals surface area (Å²) in [6, 6.07) is 0.553. The molecule has 0 aliphatic carbocycles. The summed E-state index contributed by atoms with van der Waals surface area (Å²) < 4.78 is 5.48. The summed E-state index contributed by atoms with van der Waals surface area (Å²) in [5.41, 5.74) is 0.222. The van der Waals surface area contributed by atoms with Gasteiger partial charge in [0.15, 0.2) is 0 Å². The first-order valence-electron chi connectivity index (χ1n) is 5.59. The van der Waals surface area contributed by atoms with Crippen molar-refractivity contribution in [3.63, 3.8) is 0 Å². The Morgan fingerprint density at radius 1 is 1.29 bits per heavy atom. The molecule has 1 saturated heterocycles. The minimum Gasteiger partial charge on any atom is -0.377 e. The van der Waals surface area contributed by atoms with E-state index in [9.17, 15) is 0 Å². The second-order valence-corrected chi connectivity index (χ2v) is 5.10. The summed E-state index contributed by atoms with van der Waals surface area (Å²) in [4.78, 5) is 0. The molecule has 1 heterocycles. The summed E-state index contributed by atoms with van der Waals surface area (Å²) in [5, 5.41) is 6.97. The molecule has 0 aromatic rings. The molecule has 2 N–H and O–H groups in total. The smallest absolute Gasteiger partial charge is 0.0700 e. The quantitative estimate of drug-likeness (QED) is 0.668. The van der Waals surface area contributed by atoms with Crippen LogP contribution >= 0.6 is 0 Å². The Hall–Kier alpha value is -0.120. The topological polar surface area (TPSA) is 33.3 Å². The number of hydrogen-bond acceptors (Lipinski definition) is 3. The summed E-state index contributed by atoms with van der Waals surface area (Å²) in [6.45, 7) is 11.7. The first kappa shape index (κ1) is 12.0. The van der Waals surface area contributed by atoms with E-state index in [0.717, 1.165) is 26.1 Å². The lowest BCUT2D eigenvalue weighted by Gasteiger charge is -2.22. The van der Waals surface area contributed by atoms with Gasteiger partial charge in [0, 0.05) is 31.3 Å². The van der Waals surface area contributed by atoms with Gasteiger partial charge in [-0.3, -0.25) is 0 Å². The standard InChI is InChI=1S/C11H24N2O/c1-9-10(5-8-14-9)12-6-7-13-11(2,3)4/h9-10,12-13H,5-8H2,1-4H3. The maximum absolute atomic E-state index is 5.48. The highest BCUT2D eigenvalue weighted by molar-refractivity contribution is 4.79. The Morgan fingerprint density at radius 3 is 2.50 bits per heavy atom. The molecule has 2 unspecified atom stereocenters. The van der Waals surface area contributed by atoms with Crippen LogP contribution in [-0.2, 0) is 4.74 Å². The molecular weight excluding hydrogens is 176 g/mol. The van der Waals surface area contributed by atoms with E-state index in [1.165, 1.54) is 0 Å². The molecule has 1 fully saturated rings. The van der Waals surface area contributed by atoms with E-state index in [4.69, 9.17) is 4.74 Å². The van der Waals surface area contributed by atoms with E-state index in [2.05, 4.69) is 38.3 Å². The normalized spacial score (nSPS) is 28.3. The van der Waals surface area contributed by atoms with Gasteiger partial charge in [-0.2, -0.15) is 0 Å². The van der Waals surface area contributed by atoms with Gasteiger partial charge in [-0.15, -0.1) is 0 Å². The Kier molecular flexibility index (Phi) is 4.35. The highest BCUT2D eigenvalue weighted by atomic mass is 16.5. The Labute approximate surface area is 87.6 Å². The van der Waals surface area contributed by atoms with E-state index in [-0.39, 0.29) is 5.54 Å². The van der Waals surface area contributed by atoms with Crippen LogP contribution in [0.4, 0.5) is 0 Å². The number of nitrogens with one attached hydrogen (secondary N) is 2. The maximum atomic E-state index is 5.48. The van der Waals surface area contributed by atoms with Crippen LogP contribution in [0.25, 0.3) is 0 Å². The van der Waals surface area contributed by atoms with Crippen molar-refractivity contribution in [1.29, 1.82) is 0 Å². The van der Waals surface area contributed by atoms with Crippen molar-refractivity contribution in [3.8, 4) is 0 Å². The van der Waals surface area contributed by atoms with Crippen LogP contribution in [0.5, 0.6) is 0 Å². The third-order valence-corrected chi connectivity index (χ3v) is 2.56. The molecule has 3 heteroatoms. The molecule has 2 atom stereocenters. The highest BCUT2D eigenvalue weighted by Gasteiger charge is 2.23.